The van der Waals surface area contributed by atoms with Gasteiger partial charge in [0.1, 0.15) is 17.6 Å². The topological polar surface area (TPSA) is 106 Å². The molecule has 11 nitrogen and oxygen atoms in total. The summed E-state index contributed by atoms with van der Waals surface area (Å²) in [5.74, 6) is 0.637. The maximum atomic E-state index is 14.8. The molecule has 1 saturated heterocycles. The predicted octanol–water partition coefficient (Wildman–Crippen LogP) is 5.01. The molecule has 3 aromatic rings. The van der Waals surface area contributed by atoms with E-state index >= 15 is 0 Å². The summed E-state index contributed by atoms with van der Waals surface area (Å²) in [6, 6.07) is 17.9. The molecule has 0 spiro atoms. The van der Waals surface area contributed by atoms with Crippen LogP contribution < -0.4 is 4.74 Å². The molecule has 2 aliphatic heterocycles. The molecule has 3 amide bonds. The van der Waals surface area contributed by atoms with E-state index in [1.165, 1.54) is 26.2 Å². The summed E-state index contributed by atoms with van der Waals surface area (Å²) >= 11 is 12.6. The maximum Gasteiger partial charge on any atom is 0.326 e. The molecule has 2 atom stereocenters. The van der Waals surface area contributed by atoms with Gasteiger partial charge >= 0.3 is 6.03 Å². The third-order valence-electron chi connectivity index (χ3n) is 8.47. The molecule has 2 heterocycles. The molecule has 14 heteroatoms. The Morgan fingerprint density at radius 1 is 0.875 bits per heavy atom. The molecule has 0 bridgehead atoms. The van der Waals surface area contributed by atoms with Crippen LogP contribution in [-0.2, 0) is 14.8 Å². The van der Waals surface area contributed by atoms with Crippen LogP contribution >= 0.6 is 23.2 Å². The number of amides is 3. The lowest BCUT2D eigenvalue weighted by molar-refractivity contribution is -0.130. The number of urea groups is 1. The zero-order chi connectivity index (χ0) is 34.7. The third kappa shape index (κ3) is 7.47. The minimum atomic E-state index is -3.77. The smallest absolute Gasteiger partial charge is 0.326 e. The average Bonchev–Trinajstić information content (AvgIpc) is 3.45. The van der Waals surface area contributed by atoms with Crippen molar-refractivity contribution in [2.45, 2.75) is 23.9 Å². The van der Waals surface area contributed by atoms with E-state index in [1.807, 2.05) is 36.1 Å². The van der Waals surface area contributed by atoms with E-state index in [4.69, 9.17) is 32.9 Å². The van der Waals surface area contributed by atoms with Crippen molar-refractivity contribution in [3.8, 4) is 5.75 Å². The van der Waals surface area contributed by atoms with E-state index in [-0.39, 0.29) is 35.7 Å². The molecule has 5 rings (SSSR count). The second-order valence-corrected chi connectivity index (χ2v) is 15.1. The predicted molar refractivity (Wildman–Crippen MR) is 187 cm³/mol. The zero-order valence-electron chi connectivity index (χ0n) is 27.6. The first kappa shape index (κ1) is 35.6. The van der Waals surface area contributed by atoms with Crippen LogP contribution in [0.2, 0.25) is 10.0 Å². The third-order valence-corrected chi connectivity index (χ3v) is 10.8. The number of rotatable bonds is 9. The van der Waals surface area contributed by atoms with Crippen molar-refractivity contribution in [3.63, 3.8) is 0 Å². The number of sulfonamides is 1. The molecular weight excluding hydrogens is 675 g/mol. The number of nitrogens with zero attached hydrogens (tertiary/aromatic N) is 6. The summed E-state index contributed by atoms with van der Waals surface area (Å²) < 4.78 is 33.3. The number of carbonyl (C=O) groups is 2. The summed E-state index contributed by atoms with van der Waals surface area (Å²) in [7, 11) is 2.61. The number of halogens is 2. The van der Waals surface area contributed by atoms with Crippen LogP contribution in [-0.4, -0.2) is 118 Å². The fraction of sp³-hybridized carbons (Fsp3) is 0.382. The van der Waals surface area contributed by atoms with Gasteiger partial charge in [-0.3, -0.25) is 19.6 Å². The Kier molecular flexibility index (Phi) is 11.0. The van der Waals surface area contributed by atoms with Crippen LogP contribution in [0.3, 0.4) is 0 Å². The molecule has 0 saturated carbocycles. The van der Waals surface area contributed by atoms with Gasteiger partial charge in [0, 0.05) is 70.5 Å². The molecule has 48 heavy (non-hydrogen) atoms. The first-order valence-corrected chi connectivity index (χ1v) is 17.8. The summed E-state index contributed by atoms with van der Waals surface area (Å²) in [4.78, 5) is 39.4. The Balaban J connectivity index is 1.63. The van der Waals surface area contributed by atoms with Gasteiger partial charge in [0.05, 0.1) is 29.7 Å². The Bertz CT molecular complexity index is 1780. The van der Waals surface area contributed by atoms with E-state index in [9.17, 15) is 18.0 Å². The molecule has 0 aliphatic carbocycles. The number of likely N-dealkylation sites (N-methyl/N-ethyl adjacent to an activating group) is 1. The number of benzene rings is 3. The Hall–Kier alpha value is -3.68. The van der Waals surface area contributed by atoms with Crippen LogP contribution in [0.25, 0.3) is 0 Å². The van der Waals surface area contributed by atoms with Crippen molar-refractivity contribution in [2.75, 3.05) is 67.5 Å². The van der Waals surface area contributed by atoms with E-state index in [2.05, 4.69) is 0 Å². The van der Waals surface area contributed by atoms with Crippen molar-refractivity contribution in [3.05, 3.63) is 93.5 Å². The fourth-order valence-corrected chi connectivity index (χ4v) is 6.94. The molecule has 3 aromatic carbocycles. The highest BCUT2D eigenvalue weighted by atomic mass is 35.5. The van der Waals surface area contributed by atoms with Crippen LogP contribution in [0.5, 0.6) is 5.75 Å². The van der Waals surface area contributed by atoms with Gasteiger partial charge in [0.25, 0.3) is 0 Å². The van der Waals surface area contributed by atoms with E-state index < -0.39 is 22.1 Å². The highest BCUT2D eigenvalue weighted by molar-refractivity contribution is 7.89. The van der Waals surface area contributed by atoms with Crippen molar-refractivity contribution in [1.82, 2.24) is 23.9 Å². The van der Waals surface area contributed by atoms with E-state index in [1.54, 1.807) is 59.1 Å². The number of aliphatic imine (C=N–C) groups is 1. The minimum Gasteiger partial charge on any atom is -0.493 e. The standard InChI is InChI=1S/C34H40Cl2N6O5S/c1-6-47-29-21-27(48(45,46)39(4)5)15-16-28(29)33-37-31(23-7-11-25(35)12-8-23)32(24-9-13-26(36)14-10-24)42(33)34(44)41-19-17-40(18-20-41)22-30(43)38(2)3/h7-16,21,31-32H,6,17-20,22H2,1-5H3. The van der Waals surface area contributed by atoms with Gasteiger partial charge < -0.3 is 14.5 Å². The van der Waals surface area contributed by atoms with Gasteiger partial charge in [-0.1, -0.05) is 47.5 Å². The van der Waals surface area contributed by atoms with Gasteiger partial charge in [-0.2, -0.15) is 0 Å². The van der Waals surface area contributed by atoms with Crippen LogP contribution in [0.4, 0.5) is 4.79 Å². The fourth-order valence-electron chi connectivity index (χ4n) is 5.77. The SMILES string of the molecule is CCOc1cc(S(=O)(=O)N(C)C)ccc1C1=NC(c2ccc(Cl)cc2)C(c2ccc(Cl)cc2)N1C(=O)N1CCN(CC(=O)N(C)C)CC1. The highest BCUT2D eigenvalue weighted by Gasteiger charge is 2.45. The number of ether oxygens (including phenoxy) is 1. The lowest BCUT2D eigenvalue weighted by atomic mass is 9.93. The first-order chi connectivity index (χ1) is 22.8. The highest BCUT2D eigenvalue weighted by Crippen LogP contribution is 2.45. The lowest BCUT2D eigenvalue weighted by Crippen LogP contribution is -2.55. The van der Waals surface area contributed by atoms with Gasteiger partial charge in [0.15, 0.2) is 0 Å². The van der Waals surface area contributed by atoms with Gasteiger partial charge in [-0.25, -0.2) is 17.5 Å². The van der Waals surface area contributed by atoms with Gasteiger partial charge in [0.2, 0.25) is 15.9 Å². The van der Waals surface area contributed by atoms with Gasteiger partial charge in [-0.05, 0) is 54.4 Å². The molecule has 2 unspecified atom stereocenters. The summed E-state index contributed by atoms with van der Waals surface area (Å²) in [6.45, 7) is 4.20. The van der Waals surface area contributed by atoms with Crippen molar-refractivity contribution < 1.29 is 22.7 Å². The molecule has 0 N–H and O–H groups in total. The van der Waals surface area contributed by atoms with E-state index in [0.29, 0.717) is 47.6 Å². The molecule has 256 valence electrons. The summed E-state index contributed by atoms with van der Waals surface area (Å²) in [5, 5.41) is 1.12. The summed E-state index contributed by atoms with van der Waals surface area (Å²) in [5.41, 5.74) is 2.13. The second kappa shape index (κ2) is 14.8. The first-order valence-electron chi connectivity index (χ1n) is 15.6. The van der Waals surface area contributed by atoms with E-state index in [0.717, 1.165) is 15.4 Å². The van der Waals surface area contributed by atoms with Crippen LogP contribution in [0.15, 0.2) is 76.6 Å². The minimum absolute atomic E-state index is 0.000490. The molecule has 0 aromatic heterocycles. The molecular formula is C34H40Cl2N6O5S. The lowest BCUT2D eigenvalue weighted by Gasteiger charge is -2.39. The number of amidine groups is 1. The average molecular weight is 716 g/mol. The van der Waals surface area contributed by atoms with Crippen molar-refractivity contribution in [1.29, 1.82) is 0 Å². The van der Waals surface area contributed by atoms with Crippen molar-refractivity contribution in [2.24, 2.45) is 4.99 Å². The molecule has 0 radical (unpaired) electrons. The maximum absolute atomic E-state index is 14.8. The molecule has 2 aliphatic rings. The number of hydrogen-bond donors (Lipinski definition) is 0. The second-order valence-electron chi connectivity index (χ2n) is 12.0. The normalized spacial score (nSPS) is 18.6. The number of piperazine rings is 1. The van der Waals surface area contributed by atoms with Crippen molar-refractivity contribution >= 4 is 51.0 Å². The quantitative estimate of drug-likeness (QED) is 0.309. The Morgan fingerprint density at radius 2 is 1.46 bits per heavy atom. The van der Waals surface area contributed by atoms with Crippen LogP contribution in [0.1, 0.15) is 35.7 Å². The largest absolute Gasteiger partial charge is 0.493 e. The van der Waals surface area contributed by atoms with Crippen LogP contribution in [0, 0.1) is 0 Å². The van der Waals surface area contributed by atoms with Gasteiger partial charge in [-0.15, -0.1) is 0 Å². The number of carbonyl (C=O) groups excluding carboxylic acids is 2. The zero-order valence-corrected chi connectivity index (χ0v) is 30.0. The number of hydrogen-bond acceptors (Lipinski definition) is 7. The Morgan fingerprint density at radius 3 is 2.00 bits per heavy atom. The summed E-state index contributed by atoms with van der Waals surface area (Å²) in [6.07, 6.45) is 0. The monoisotopic (exact) mass is 714 g/mol. The Labute approximate surface area is 292 Å². The molecule has 1 fully saturated rings.